The van der Waals surface area contributed by atoms with Crippen LogP contribution in [0.2, 0.25) is 0 Å². The van der Waals surface area contributed by atoms with Gasteiger partial charge in [-0.15, -0.1) is 24.0 Å². The summed E-state index contributed by atoms with van der Waals surface area (Å²) >= 11 is 0. The van der Waals surface area contributed by atoms with Crippen molar-refractivity contribution in [2.75, 3.05) is 20.7 Å². The maximum Gasteiger partial charge on any atom is 0.310 e. The second-order valence-electron chi connectivity index (χ2n) is 4.72. The lowest BCUT2D eigenvalue weighted by atomic mass is 10.1. The third kappa shape index (κ3) is 7.31. The number of ether oxygens (including phenoxy) is 1. The molecule has 1 aromatic rings. The predicted molar refractivity (Wildman–Crippen MR) is 96.0 cm³/mol. The molecule has 2 N–H and O–H groups in total. The van der Waals surface area contributed by atoms with Crippen molar-refractivity contribution in [3.63, 3.8) is 0 Å². The van der Waals surface area contributed by atoms with Crippen LogP contribution in [0.15, 0.2) is 29.3 Å². The second-order valence-corrected chi connectivity index (χ2v) is 4.72. The first kappa shape index (κ1) is 19.7. The highest BCUT2D eigenvalue weighted by Crippen LogP contribution is 2.03. The Kier molecular flexibility index (Phi) is 9.77. The molecule has 0 aliphatic heterocycles. The van der Waals surface area contributed by atoms with E-state index in [1.807, 2.05) is 13.0 Å². The lowest BCUT2D eigenvalue weighted by Crippen LogP contribution is -2.40. The van der Waals surface area contributed by atoms with E-state index in [0.717, 1.165) is 0 Å². The third-order valence-electron chi connectivity index (χ3n) is 2.95. The molecule has 118 valence electrons. The largest absolute Gasteiger partial charge is 0.469 e. The summed E-state index contributed by atoms with van der Waals surface area (Å²) in [6, 6.07) is 8.28. The van der Waals surface area contributed by atoms with E-state index in [1.165, 1.54) is 18.2 Å². The molecule has 0 bridgehead atoms. The maximum atomic E-state index is 11.3. The number of halogens is 1. The number of aryl methyl sites for hydroxylation is 1. The molecule has 6 heteroatoms. The van der Waals surface area contributed by atoms with E-state index in [9.17, 15) is 4.79 Å². The average Bonchev–Trinajstić information content (AvgIpc) is 2.46. The lowest BCUT2D eigenvalue weighted by molar-refractivity contribution is -0.144. The maximum absolute atomic E-state index is 11.3. The Bertz CT molecular complexity index is 478. The number of nitrogens with zero attached hydrogens (tertiary/aromatic N) is 1. The highest BCUT2D eigenvalue weighted by Gasteiger charge is 2.13. The van der Waals surface area contributed by atoms with Gasteiger partial charge in [0, 0.05) is 20.1 Å². The van der Waals surface area contributed by atoms with Gasteiger partial charge >= 0.3 is 5.97 Å². The summed E-state index contributed by atoms with van der Waals surface area (Å²) in [6.07, 6.45) is 0. The molecule has 0 aliphatic carbocycles. The van der Waals surface area contributed by atoms with Gasteiger partial charge in [0.25, 0.3) is 0 Å². The van der Waals surface area contributed by atoms with Crippen molar-refractivity contribution >= 4 is 35.9 Å². The van der Waals surface area contributed by atoms with E-state index >= 15 is 0 Å². The van der Waals surface area contributed by atoms with Gasteiger partial charge < -0.3 is 15.4 Å². The molecule has 21 heavy (non-hydrogen) atoms. The van der Waals surface area contributed by atoms with Gasteiger partial charge in [0.1, 0.15) is 0 Å². The van der Waals surface area contributed by atoms with E-state index in [0.29, 0.717) is 19.0 Å². The second kappa shape index (κ2) is 10.4. The monoisotopic (exact) mass is 405 g/mol. The molecular formula is C15H24IN3O2. The van der Waals surface area contributed by atoms with Gasteiger partial charge in [-0.3, -0.25) is 9.79 Å². The van der Waals surface area contributed by atoms with Crippen molar-refractivity contribution in [3.05, 3.63) is 35.4 Å². The van der Waals surface area contributed by atoms with Crippen LogP contribution in [-0.2, 0) is 16.1 Å². The molecule has 0 spiro atoms. The van der Waals surface area contributed by atoms with Gasteiger partial charge in [0.15, 0.2) is 5.96 Å². The van der Waals surface area contributed by atoms with Crippen molar-refractivity contribution in [3.8, 4) is 0 Å². The lowest BCUT2D eigenvalue weighted by Gasteiger charge is -2.14. The van der Waals surface area contributed by atoms with Crippen LogP contribution in [0, 0.1) is 12.8 Å². The molecule has 0 saturated heterocycles. The number of methoxy groups -OCH3 is 1. The number of nitrogens with one attached hydrogen (secondary N) is 2. The van der Waals surface area contributed by atoms with Crippen molar-refractivity contribution in [2.24, 2.45) is 10.9 Å². The number of benzene rings is 1. The number of carbonyl (C=O) groups excluding carboxylic acids is 1. The predicted octanol–water partition coefficient (Wildman–Crippen LogP) is 2.09. The van der Waals surface area contributed by atoms with Crippen LogP contribution in [-0.4, -0.2) is 32.6 Å². The Morgan fingerprint density at radius 1 is 1.38 bits per heavy atom. The first-order valence-electron chi connectivity index (χ1n) is 6.64. The molecule has 0 aromatic heterocycles. The number of esters is 1. The van der Waals surface area contributed by atoms with Gasteiger partial charge in [-0.05, 0) is 12.5 Å². The van der Waals surface area contributed by atoms with Crippen LogP contribution >= 0.6 is 24.0 Å². The van der Waals surface area contributed by atoms with E-state index < -0.39 is 0 Å². The van der Waals surface area contributed by atoms with Crippen molar-refractivity contribution < 1.29 is 9.53 Å². The molecule has 1 aromatic carbocycles. The molecule has 0 heterocycles. The van der Waals surface area contributed by atoms with Crippen molar-refractivity contribution in [1.29, 1.82) is 0 Å². The molecule has 0 radical (unpaired) electrons. The molecule has 0 amide bonds. The Morgan fingerprint density at radius 2 is 2.10 bits per heavy atom. The fourth-order valence-electron chi connectivity index (χ4n) is 1.76. The molecule has 5 nitrogen and oxygen atoms in total. The van der Waals surface area contributed by atoms with E-state index in [-0.39, 0.29) is 35.9 Å². The topological polar surface area (TPSA) is 62.7 Å². The summed E-state index contributed by atoms with van der Waals surface area (Å²) in [5.74, 6) is 0.228. The summed E-state index contributed by atoms with van der Waals surface area (Å²) in [6.45, 7) is 5.05. The SMILES string of the molecule is CN=C(NCc1cccc(C)c1)NCC(C)C(=O)OC.I. The minimum Gasteiger partial charge on any atom is -0.469 e. The number of carbonyl (C=O) groups is 1. The van der Waals surface area contributed by atoms with Gasteiger partial charge in [-0.25, -0.2) is 0 Å². The Labute approximate surface area is 143 Å². The fourth-order valence-corrected chi connectivity index (χ4v) is 1.76. The Morgan fingerprint density at radius 3 is 2.67 bits per heavy atom. The van der Waals surface area contributed by atoms with Crippen LogP contribution in [0.3, 0.4) is 0 Å². The molecule has 1 atom stereocenters. The van der Waals surface area contributed by atoms with E-state index in [2.05, 4.69) is 45.5 Å². The minimum atomic E-state index is -0.230. The van der Waals surface area contributed by atoms with Gasteiger partial charge in [-0.2, -0.15) is 0 Å². The highest BCUT2D eigenvalue weighted by atomic mass is 127. The number of hydrogen-bond acceptors (Lipinski definition) is 3. The molecule has 0 aliphatic rings. The Hall–Kier alpha value is -1.31. The van der Waals surface area contributed by atoms with Crippen LogP contribution in [0.4, 0.5) is 0 Å². The summed E-state index contributed by atoms with van der Waals surface area (Å²) in [4.78, 5) is 15.4. The number of aliphatic imine (C=N–C) groups is 1. The first-order valence-corrected chi connectivity index (χ1v) is 6.64. The molecule has 0 saturated carbocycles. The summed E-state index contributed by atoms with van der Waals surface area (Å²) in [5.41, 5.74) is 2.42. The van der Waals surface area contributed by atoms with Crippen LogP contribution < -0.4 is 10.6 Å². The molecule has 1 rings (SSSR count). The summed E-state index contributed by atoms with van der Waals surface area (Å²) < 4.78 is 4.68. The number of hydrogen-bond donors (Lipinski definition) is 2. The normalized spacial score (nSPS) is 12.1. The summed E-state index contributed by atoms with van der Waals surface area (Å²) in [7, 11) is 3.10. The van der Waals surface area contributed by atoms with Crippen LogP contribution in [0.25, 0.3) is 0 Å². The standard InChI is InChI=1S/C15H23N3O2.HI/c1-11-6-5-7-13(8-11)10-18-15(16-3)17-9-12(2)14(19)20-4;/h5-8,12H,9-10H2,1-4H3,(H2,16,17,18);1H. The quantitative estimate of drug-likeness (QED) is 0.341. The molecule has 0 fully saturated rings. The van der Waals surface area contributed by atoms with E-state index in [1.54, 1.807) is 7.05 Å². The zero-order chi connectivity index (χ0) is 15.0. The minimum absolute atomic E-state index is 0. The smallest absolute Gasteiger partial charge is 0.310 e. The highest BCUT2D eigenvalue weighted by molar-refractivity contribution is 14.0. The zero-order valence-electron chi connectivity index (χ0n) is 13.0. The van der Waals surface area contributed by atoms with Crippen LogP contribution in [0.5, 0.6) is 0 Å². The van der Waals surface area contributed by atoms with E-state index in [4.69, 9.17) is 0 Å². The third-order valence-corrected chi connectivity index (χ3v) is 2.95. The first-order chi connectivity index (χ1) is 9.56. The number of guanidine groups is 1. The fraction of sp³-hybridized carbons (Fsp3) is 0.467. The van der Waals surface area contributed by atoms with Gasteiger partial charge in [0.05, 0.1) is 13.0 Å². The summed E-state index contributed by atoms with van der Waals surface area (Å²) in [5, 5.41) is 6.32. The molecule has 1 unspecified atom stereocenters. The Balaban J connectivity index is 0.00000400. The van der Waals surface area contributed by atoms with Crippen LogP contribution in [0.1, 0.15) is 18.1 Å². The van der Waals surface area contributed by atoms with Crippen molar-refractivity contribution in [1.82, 2.24) is 10.6 Å². The van der Waals surface area contributed by atoms with Gasteiger partial charge in [-0.1, -0.05) is 36.8 Å². The number of rotatable bonds is 5. The molecular weight excluding hydrogens is 381 g/mol. The average molecular weight is 405 g/mol. The zero-order valence-corrected chi connectivity index (χ0v) is 15.3. The van der Waals surface area contributed by atoms with Crippen molar-refractivity contribution in [2.45, 2.75) is 20.4 Å². The van der Waals surface area contributed by atoms with Gasteiger partial charge in [0.2, 0.25) is 0 Å².